The van der Waals surface area contributed by atoms with Gasteiger partial charge in [0.15, 0.2) is 0 Å². The third-order valence-electron chi connectivity index (χ3n) is 5.11. The van der Waals surface area contributed by atoms with Crippen LogP contribution < -0.4 is 14.8 Å². The maximum Gasteiger partial charge on any atom is 0.251 e. The first kappa shape index (κ1) is 18.1. The molecule has 0 aromatic heterocycles. The van der Waals surface area contributed by atoms with Crippen molar-refractivity contribution in [1.82, 2.24) is 4.90 Å². The van der Waals surface area contributed by atoms with Crippen molar-refractivity contribution >= 4 is 23.6 Å². The maximum absolute atomic E-state index is 13.2. The van der Waals surface area contributed by atoms with Gasteiger partial charge in [-0.3, -0.25) is 9.59 Å². The summed E-state index contributed by atoms with van der Waals surface area (Å²) < 4.78 is 11.2. The monoisotopic (exact) mass is 378 g/mol. The molecular weight excluding hydrogens is 356 g/mol. The van der Waals surface area contributed by atoms with Crippen LogP contribution in [-0.4, -0.2) is 42.5 Å². The molecule has 2 aromatic carbocycles. The lowest BCUT2D eigenvalue weighted by Gasteiger charge is -2.40. The second-order valence-corrected chi connectivity index (χ2v) is 6.90. The predicted molar refractivity (Wildman–Crippen MR) is 106 cm³/mol. The minimum Gasteiger partial charge on any atom is -0.497 e. The summed E-state index contributed by atoms with van der Waals surface area (Å²) in [5.41, 5.74) is 2.29. The average molecular weight is 378 g/mol. The first-order chi connectivity index (χ1) is 13.6. The van der Waals surface area contributed by atoms with Crippen molar-refractivity contribution in [3.63, 3.8) is 0 Å². The lowest BCUT2D eigenvalue weighted by Crippen LogP contribution is -2.57. The highest BCUT2D eigenvalue weighted by atomic mass is 16.5. The van der Waals surface area contributed by atoms with E-state index in [9.17, 15) is 9.59 Å². The minimum atomic E-state index is -0.712. The van der Waals surface area contributed by atoms with Crippen LogP contribution in [0.1, 0.15) is 18.9 Å². The smallest absolute Gasteiger partial charge is 0.251 e. The average Bonchev–Trinajstić information content (AvgIpc) is 2.70. The molecule has 0 aliphatic carbocycles. The molecule has 28 heavy (non-hydrogen) atoms. The zero-order valence-electron chi connectivity index (χ0n) is 15.8. The van der Waals surface area contributed by atoms with Gasteiger partial charge in [0.25, 0.3) is 5.91 Å². The highest BCUT2D eigenvalue weighted by molar-refractivity contribution is 6.01. The zero-order chi connectivity index (χ0) is 19.7. The van der Waals surface area contributed by atoms with E-state index >= 15 is 0 Å². The summed E-state index contributed by atoms with van der Waals surface area (Å²) in [5, 5.41) is 2.92. The Hall–Kier alpha value is -3.28. The van der Waals surface area contributed by atoms with Crippen LogP contribution in [0.5, 0.6) is 11.5 Å². The number of amides is 2. The van der Waals surface area contributed by atoms with Crippen molar-refractivity contribution < 1.29 is 19.1 Å². The second kappa shape index (κ2) is 7.38. The van der Waals surface area contributed by atoms with Crippen LogP contribution in [0.2, 0.25) is 0 Å². The summed E-state index contributed by atoms with van der Waals surface area (Å²) in [6.45, 7) is 2.46. The van der Waals surface area contributed by atoms with Gasteiger partial charge in [0.2, 0.25) is 5.91 Å². The van der Waals surface area contributed by atoms with E-state index in [1.807, 2.05) is 43.3 Å². The molecule has 2 aliphatic heterocycles. The number of para-hydroxylation sites is 1. The number of anilines is 1. The molecule has 0 spiro atoms. The number of β-lactam (4-membered cyclic amide) rings is 1. The van der Waals surface area contributed by atoms with Crippen LogP contribution in [0.15, 0.2) is 54.1 Å². The zero-order valence-corrected chi connectivity index (χ0v) is 15.8. The number of fused-ring (bicyclic) bond motifs is 1. The Kier molecular flexibility index (Phi) is 4.77. The Labute approximate surface area is 163 Å². The molecule has 1 saturated heterocycles. The molecule has 6 nitrogen and oxygen atoms in total. The number of rotatable bonds is 5. The molecule has 0 radical (unpaired) electrons. The van der Waals surface area contributed by atoms with Gasteiger partial charge < -0.3 is 19.7 Å². The molecule has 144 valence electrons. The van der Waals surface area contributed by atoms with Gasteiger partial charge in [-0.15, -0.1) is 0 Å². The Bertz CT molecular complexity index is 953. The second-order valence-electron chi connectivity index (χ2n) is 6.90. The van der Waals surface area contributed by atoms with Crippen LogP contribution in [0.3, 0.4) is 0 Å². The summed E-state index contributed by atoms with van der Waals surface area (Å²) in [7, 11) is 1.58. The molecule has 2 amide bonds. The predicted octanol–water partition coefficient (Wildman–Crippen LogP) is 3.10. The number of likely N-dealkylation sites (tertiary alicyclic amines) is 1. The van der Waals surface area contributed by atoms with Crippen molar-refractivity contribution in [2.24, 2.45) is 0 Å². The molecule has 4 rings (SSSR count). The van der Waals surface area contributed by atoms with Gasteiger partial charge in [0.05, 0.1) is 7.11 Å². The summed E-state index contributed by atoms with van der Waals surface area (Å²) in [4.78, 5) is 27.0. The van der Waals surface area contributed by atoms with Crippen LogP contribution >= 0.6 is 0 Å². The Balaban J connectivity index is 1.67. The summed E-state index contributed by atoms with van der Waals surface area (Å²) in [6.07, 6.45) is 2.11. The number of nitrogens with zero attached hydrogens (tertiary/aromatic N) is 1. The number of methoxy groups -OCH3 is 1. The van der Waals surface area contributed by atoms with Gasteiger partial charge in [-0.25, -0.2) is 0 Å². The number of carbonyl (C=O) groups excluding carboxylic acids is 2. The molecule has 0 unspecified atom stereocenters. The molecule has 1 fully saturated rings. The topological polar surface area (TPSA) is 67.9 Å². The number of ether oxygens (including phenoxy) is 2. The van der Waals surface area contributed by atoms with Crippen molar-refractivity contribution in [2.45, 2.75) is 25.5 Å². The van der Waals surface area contributed by atoms with E-state index in [4.69, 9.17) is 9.47 Å². The van der Waals surface area contributed by atoms with Crippen molar-refractivity contribution in [3.05, 3.63) is 59.7 Å². The van der Waals surface area contributed by atoms with Gasteiger partial charge >= 0.3 is 0 Å². The van der Waals surface area contributed by atoms with Gasteiger partial charge in [-0.05, 0) is 31.2 Å². The molecular formula is C22H22N2O4. The lowest BCUT2D eigenvalue weighted by molar-refractivity contribution is -0.146. The highest BCUT2D eigenvalue weighted by Gasteiger charge is 2.41. The normalized spacial score (nSPS) is 18.9. The van der Waals surface area contributed by atoms with Crippen molar-refractivity contribution in [1.29, 1.82) is 0 Å². The lowest BCUT2D eigenvalue weighted by atomic mass is 9.92. The standard InChI is InChI=1S/C22H22N2O4/c1-14-18(12-15-6-3-4-9-19(15)28-14)21(24-11-10-20(24)25)22(26)23-16-7-5-8-17(13-16)27-2/h3-9,12-14,21H,10-11H2,1-2H3,(H,23,26)/t14-,21-/m1/s1. The molecule has 2 aliphatic rings. The van der Waals surface area contributed by atoms with E-state index in [0.717, 1.165) is 16.9 Å². The SMILES string of the molecule is COc1cccc(NC(=O)[C@@H](C2=Cc3ccccc3O[C@@H]2C)N2CCC2=O)c1. The molecule has 2 atom stereocenters. The van der Waals surface area contributed by atoms with E-state index in [-0.39, 0.29) is 17.9 Å². The first-order valence-corrected chi connectivity index (χ1v) is 9.28. The number of benzene rings is 2. The third-order valence-corrected chi connectivity index (χ3v) is 5.11. The van der Waals surface area contributed by atoms with Gasteiger partial charge in [-0.2, -0.15) is 0 Å². The fraction of sp³-hybridized carbons (Fsp3) is 0.273. The third kappa shape index (κ3) is 3.33. The maximum atomic E-state index is 13.2. The first-order valence-electron chi connectivity index (χ1n) is 9.28. The Morgan fingerprint density at radius 2 is 2.07 bits per heavy atom. The number of carbonyl (C=O) groups is 2. The van der Waals surface area contributed by atoms with Crippen LogP contribution in [0.4, 0.5) is 5.69 Å². The van der Waals surface area contributed by atoms with Gasteiger partial charge in [0.1, 0.15) is 23.6 Å². The fourth-order valence-electron chi connectivity index (χ4n) is 3.55. The Morgan fingerprint density at radius 3 is 2.79 bits per heavy atom. The van der Waals surface area contributed by atoms with Crippen molar-refractivity contribution in [2.75, 3.05) is 19.0 Å². The molecule has 2 aromatic rings. The largest absolute Gasteiger partial charge is 0.497 e. The number of hydrogen-bond acceptors (Lipinski definition) is 4. The molecule has 0 saturated carbocycles. The number of nitrogens with one attached hydrogen (secondary N) is 1. The van der Waals surface area contributed by atoms with Crippen LogP contribution in [0, 0.1) is 0 Å². The van der Waals surface area contributed by atoms with Gasteiger partial charge in [-0.1, -0.05) is 24.3 Å². The molecule has 1 N–H and O–H groups in total. The van der Waals surface area contributed by atoms with E-state index < -0.39 is 6.04 Å². The highest BCUT2D eigenvalue weighted by Crippen LogP contribution is 2.34. The van der Waals surface area contributed by atoms with Crippen LogP contribution in [-0.2, 0) is 9.59 Å². The fourth-order valence-corrected chi connectivity index (χ4v) is 3.55. The number of hydrogen-bond donors (Lipinski definition) is 1. The van der Waals surface area contributed by atoms with Crippen molar-refractivity contribution in [3.8, 4) is 11.5 Å². The van der Waals surface area contributed by atoms with Gasteiger partial charge in [0, 0.05) is 35.9 Å². The van der Waals surface area contributed by atoms with Crippen LogP contribution in [0.25, 0.3) is 6.08 Å². The summed E-state index contributed by atoms with van der Waals surface area (Å²) >= 11 is 0. The minimum absolute atomic E-state index is 0.0299. The van der Waals surface area contributed by atoms with E-state index in [1.165, 1.54) is 0 Å². The Morgan fingerprint density at radius 1 is 1.25 bits per heavy atom. The molecule has 2 heterocycles. The summed E-state index contributed by atoms with van der Waals surface area (Å²) in [6, 6.07) is 14.1. The molecule has 6 heteroatoms. The van der Waals surface area contributed by atoms with E-state index in [2.05, 4.69) is 5.32 Å². The molecule has 0 bridgehead atoms. The van der Waals surface area contributed by atoms with E-state index in [0.29, 0.717) is 24.4 Å². The van der Waals surface area contributed by atoms with E-state index in [1.54, 1.807) is 30.2 Å². The quantitative estimate of drug-likeness (QED) is 0.812. The summed E-state index contributed by atoms with van der Waals surface area (Å²) in [5.74, 6) is 1.14.